The maximum atomic E-state index is 12.7. The zero-order valence-corrected chi connectivity index (χ0v) is 12.2. The molecule has 6 heteroatoms. The summed E-state index contributed by atoms with van der Waals surface area (Å²) in [4.78, 5) is 3.80. The Hall–Kier alpha value is 0.121. The summed E-state index contributed by atoms with van der Waals surface area (Å²) in [5.41, 5.74) is 0.239. The minimum Gasteiger partial charge on any atom is -0.445 e. The van der Waals surface area contributed by atoms with Crippen LogP contribution in [-0.4, -0.2) is 12.0 Å². The van der Waals surface area contributed by atoms with Gasteiger partial charge < -0.3 is 12.9 Å². The van der Waals surface area contributed by atoms with E-state index in [4.69, 9.17) is 0 Å². The van der Waals surface area contributed by atoms with Gasteiger partial charge in [0.15, 0.2) is 0 Å². The van der Waals surface area contributed by atoms with Crippen molar-refractivity contribution in [2.75, 3.05) is 0 Å². The van der Waals surface area contributed by atoms with Gasteiger partial charge in [0, 0.05) is 17.1 Å². The van der Waals surface area contributed by atoms with Crippen molar-refractivity contribution in [1.82, 2.24) is 4.98 Å². The fourth-order valence-corrected chi connectivity index (χ4v) is 1.60. The number of hydrogen-bond acceptors (Lipinski definition) is 1. The van der Waals surface area contributed by atoms with Crippen molar-refractivity contribution in [3.05, 3.63) is 36.0 Å². The number of pyridine rings is 1. The Labute approximate surface area is 134 Å². The number of fused-ring (bicyclic) bond motifs is 1. The van der Waals surface area contributed by atoms with Crippen molar-refractivity contribution >= 4 is 23.3 Å². The van der Waals surface area contributed by atoms with Crippen molar-refractivity contribution in [2.45, 2.75) is 6.92 Å². The summed E-state index contributed by atoms with van der Waals surface area (Å²) in [5.74, 6) is 0. The smallest absolute Gasteiger partial charge is 0.445 e. The molecule has 1 heterocycles. The third kappa shape index (κ3) is 2.68. The predicted molar refractivity (Wildman–Crippen MR) is 55.2 cm³/mol. The molecule has 2 rings (SSSR count). The molecule has 0 aliphatic carbocycles. The Kier molecular flexibility index (Phi) is 4.59. The number of rotatable bonds is 1. The molecule has 0 atom stereocenters. The Morgan fingerprint density at radius 1 is 1.12 bits per heavy atom. The molecule has 0 radical (unpaired) electrons. The normalized spacial score (nSPS) is 11.2. The van der Waals surface area contributed by atoms with Gasteiger partial charge in [0.05, 0.1) is 0 Å². The molecule has 0 aliphatic heterocycles. The fraction of sp³-hybridized carbons (Fsp3) is 0.100. The van der Waals surface area contributed by atoms with E-state index in [9.17, 15) is 12.9 Å². The molecule has 0 amide bonds. The Morgan fingerprint density at radius 3 is 2.44 bits per heavy atom. The van der Waals surface area contributed by atoms with E-state index in [1.807, 2.05) is 0 Å². The second-order valence-electron chi connectivity index (χ2n) is 3.45. The summed E-state index contributed by atoms with van der Waals surface area (Å²) in [7, 11) is 0. The van der Waals surface area contributed by atoms with Crippen LogP contribution in [0.5, 0.6) is 0 Å². The third-order valence-electron chi connectivity index (χ3n) is 2.37. The van der Waals surface area contributed by atoms with Crippen molar-refractivity contribution in [2.24, 2.45) is 0 Å². The molecular weight excluding hydrogens is 241 g/mol. The number of benzene rings is 1. The molecule has 78 valence electrons. The molecule has 16 heavy (non-hydrogen) atoms. The first-order valence-corrected chi connectivity index (χ1v) is 4.54. The number of hydrogen-bond donors (Lipinski definition) is 0. The molecule has 0 bridgehead atoms. The molecule has 0 fully saturated rings. The van der Waals surface area contributed by atoms with E-state index in [1.165, 1.54) is 12.3 Å². The van der Waals surface area contributed by atoms with Gasteiger partial charge in [0.2, 0.25) is 0 Å². The predicted octanol–water partition coefficient (Wildman–Crippen LogP) is -0.398. The monoisotopic (exact) mass is 249 g/mol. The van der Waals surface area contributed by atoms with Gasteiger partial charge in [-0.05, 0) is 18.6 Å². The van der Waals surface area contributed by atoms with Crippen LogP contribution in [0.1, 0.15) is 5.56 Å². The first-order chi connectivity index (χ1) is 7.00. The largest absolute Gasteiger partial charge is 1.00 e. The quantitative estimate of drug-likeness (QED) is 0.627. The van der Waals surface area contributed by atoms with Gasteiger partial charge in [-0.1, -0.05) is 23.7 Å². The van der Waals surface area contributed by atoms with E-state index in [0.29, 0.717) is 5.39 Å². The Morgan fingerprint density at radius 2 is 1.81 bits per heavy atom. The molecule has 0 unspecified atom stereocenters. The van der Waals surface area contributed by atoms with Gasteiger partial charge in [-0.15, -0.1) is 0 Å². The van der Waals surface area contributed by atoms with Crippen LogP contribution in [0, 0.1) is 6.92 Å². The standard InChI is InChI=1S/C10H8BF3N.K/c1-7-5-6-15-10-8(7)3-2-4-9(10)11(12,13)14;/h2-6H,1H3;/q-1;+1. The zero-order chi connectivity index (χ0) is 11.1. The van der Waals surface area contributed by atoms with E-state index in [0.717, 1.165) is 11.6 Å². The van der Waals surface area contributed by atoms with Gasteiger partial charge in [-0.25, -0.2) is 0 Å². The SMILES string of the molecule is Cc1ccnc2c([B-](F)(F)F)cccc12.[K+]. The van der Waals surface area contributed by atoms with E-state index in [-0.39, 0.29) is 56.9 Å². The second-order valence-corrected chi connectivity index (χ2v) is 3.45. The molecule has 1 aromatic heterocycles. The topological polar surface area (TPSA) is 12.9 Å². The molecule has 1 nitrogen and oxygen atoms in total. The third-order valence-corrected chi connectivity index (χ3v) is 2.37. The molecule has 0 saturated carbocycles. The molecule has 2 aromatic rings. The molecule has 0 spiro atoms. The van der Waals surface area contributed by atoms with Crippen molar-refractivity contribution in [3.63, 3.8) is 0 Å². The van der Waals surface area contributed by atoms with Crippen molar-refractivity contribution < 1.29 is 64.3 Å². The minimum atomic E-state index is -4.99. The molecule has 1 aromatic carbocycles. The van der Waals surface area contributed by atoms with Crippen LogP contribution in [0.2, 0.25) is 0 Å². The van der Waals surface area contributed by atoms with Crippen LogP contribution in [0.4, 0.5) is 12.9 Å². The van der Waals surface area contributed by atoms with E-state index in [2.05, 4.69) is 4.98 Å². The number of halogens is 3. The van der Waals surface area contributed by atoms with Gasteiger partial charge >= 0.3 is 58.4 Å². The number of para-hydroxylation sites is 1. The summed E-state index contributed by atoms with van der Waals surface area (Å²) >= 11 is 0. The summed E-state index contributed by atoms with van der Waals surface area (Å²) in [5, 5.41) is 0.564. The molecule has 0 aliphatic rings. The van der Waals surface area contributed by atoms with Crippen molar-refractivity contribution in [3.8, 4) is 0 Å². The average Bonchev–Trinajstić information content (AvgIpc) is 2.16. The summed E-state index contributed by atoms with van der Waals surface area (Å²) < 4.78 is 38.0. The van der Waals surface area contributed by atoms with Crippen LogP contribution in [0.25, 0.3) is 10.9 Å². The van der Waals surface area contributed by atoms with Gasteiger partial charge in [0.25, 0.3) is 0 Å². The number of aryl methyl sites for hydroxylation is 1. The number of nitrogens with zero attached hydrogens (tertiary/aromatic N) is 1. The fourth-order valence-electron chi connectivity index (χ4n) is 1.60. The maximum Gasteiger partial charge on any atom is 1.00 e. The summed E-state index contributed by atoms with van der Waals surface area (Å²) in [6, 6.07) is 5.86. The number of aromatic nitrogens is 1. The van der Waals surface area contributed by atoms with Crippen LogP contribution >= 0.6 is 0 Å². The first kappa shape index (κ1) is 14.2. The van der Waals surface area contributed by atoms with Crippen molar-refractivity contribution in [1.29, 1.82) is 0 Å². The van der Waals surface area contributed by atoms with Gasteiger partial charge in [-0.2, -0.15) is 0 Å². The van der Waals surface area contributed by atoms with E-state index >= 15 is 0 Å². The second kappa shape index (κ2) is 5.18. The van der Waals surface area contributed by atoms with E-state index in [1.54, 1.807) is 19.1 Å². The van der Waals surface area contributed by atoms with Crippen LogP contribution in [0.3, 0.4) is 0 Å². The first-order valence-electron chi connectivity index (χ1n) is 4.54. The minimum absolute atomic E-state index is 0. The average molecular weight is 249 g/mol. The molecular formula is C10H8BF3KN. The van der Waals surface area contributed by atoms with E-state index < -0.39 is 12.4 Å². The maximum absolute atomic E-state index is 12.7. The summed E-state index contributed by atoms with van der Waals surface area (Å²) in [6.07, 6.45) is 1.41. The van der Waals surface area contributed by atoms with Gasteiger partial charge in [-0.3, -0.25) is 4.98 Å². The Bertz CT molecular complexity index is 513. The Balaban J connectivity index is 0.00000128. The van der Waals surface area contributed by atoms with Gasteiger partial charge in [0.1, 0.15) is 0 Å². The van der Waals surface area contributed by atoms with Crippen LogP contribution < -0.4 is 56.8 Å². The summed E-state index contributed by atoms with van der Waals surface area (Å²) in [6.45, 7) is -3.22. The van der Waals surface area contributed by atoms with Crippen LogP contribution in [0.15, 0.2) is 30.5 Å². The van der Waals surface area contributed by atoms with Crippen LogP contribution in [-0.2, 0) is 0 Å². The molecule has 0 saturated heterocycles. The molecule has 0 N–H and O–H groups in total. The zero-order valence-electron chi connectivity index (χ0n) is 9.05.